The summed E-state index contributed by atoms with van der Waals surface area (Å²) in [5, 5.41) is 6.41. The molecule has 2 heterocycles. The molecule has 0 unspecified atom stereocenters. The average Bonchev–Trinajstić information content (AvgIpc) is 2.80. The molecule has 1 amide bonds. The minimum atomic E-state index is -4.64. The number of rotatable bonds is 4. The van der Waals surface area contributed by atoms with E-state index in [9.17, 15) is 27.2 Å². The van der Waals surface area contributed by atoms with Gasteiger partial charge in [-0.15, -0.1) is 0 Å². The first-order chi connectivity index (χ1) is 16.1. The van der Waals surface area contributed by atoms with E-state index in [-0.39, 0.29) is 17.1 Å². The fraction of sp³-hybridized carbons (Fsp3) is 0.261. The van der Waals surface area contributed by atoms with E-state index < -0.39 is 34.6 Å². The molecule has 0 radical (unpaired) electrons. The van der Waals surface area contributed by atoms with Crippen molar-refractivity contribution in [2.45, 2.75) is 13.1 Å². The second-order valence-corrected chi connectivity index (χ2v) is 7.65. The highest BCUT2D eigenvalue weighted by atomic mass is 19.4. The summed E-state index contributed by atoms with van der Waals surface area (Å²) in [6.45, 7) is 3.10. The van der Waals surface area contributed by atoms with Crippen LogP contribution >= 0.6 is 0 Å². The first-order valence-electron chi connectivity index (χ1n) is 10.4. The molecule has 1 fully saturated rings. The molecule has 0 saturated carbocycles. The van der Waals surface area contributed by atoms with Gasteiger partial charge in [-0.05, 0) is 37.3 Å². The first kappa shape index (κ1) is 23.4. The number of aryl methyl sites for hydroxylation is 1. The predicted octanol–water partition coefficient (Wildman–Crippen LogP) is 3.79. The van der Waals surface area contributed by atoms with Crippen LogP contribution in [-0.4, -0.2) is 42.0 Å². The lowest BCUT2D eigenvalue weighted by Crippen LogP contribution is -2.37. The number of hydrogen-bond donors (Lipinski definition) is 1. The van der Waals surface area contributed by atoms with Gasteiger partial charge in [0.15, 0.2) is 5.69 Å². The Labute approximate surface area is 191 Å². The van der Waals surface area contributed by atoms with Crippen LogP contribution in [0.15, 0.2) is 53.3 Å². The number of carbonyl (C=O) groups is 1. The number of benzene rings is 2. The summed E-state index contributed by atoms with van der Waals surface area (Å²) in [6.07, 6.45) is -4.64. The number of para-hydroxylation sites is 1. The summed E-state index contributed by atoms with van der Waals surface area (Å²) >= 11 is 0. The van der Waals surface area contributed by atoms with Crippen LogP contribution in [0.5, 0.6) is 0 Å². The Kier molecular flexibility index (Phi) is 6.38. The second kappa shape index (κ2) is 9.26. The molecular formula is C23H20F4N4O3. The molecule has 11 heteroatoms. The Bertz CT molecular complexity index is 1280. The highest BCUT2D eigenvalue weighted by molar-refractivity contribution is 6.04. The van der Waals surface area contributed by atoms with Gasteiger partial charge in [0.05, 0.1) is 30.2 Å². The van der Waals surface area contributed by atoms with Gasteiger partial charge in [-0.1, -0.05) is 12.1 Å². The summed E-state index contributed by atoms with van der Waals surface area (Å²) in [4.78, 5) is 27.3. The van der Waals surface area contributed by atoms with E-state index in [2.05, 4.69) is 10.4 Å². The molecule has 2 aromatic carbocycles. The number of morpholine rings is 1. The Morgan fingerprint density at radius 2 is 1.76 bits per heavy atom. The zero-order valence-corrected chi connectivity index (χ0v) is 18.0. The third kappa shape index (κ3) is 4.79. The Hall–Kier alpha value is -3.73. The van der Waals surface area contributed by atoms with E-state index in [0.29, 0.717) is 32.0 Å². The van der Waals surface area contributed by atoms with E-state index in [1.54, 1.807) is 11.0 Å². The number of amides is 1. The minimum Gasteiger partial charge on any atom is -0.378 e. The number of anilines is 2. The zero-order valence-electron chi connectivity index (χ0n) is 18.0. The molecule has 1 aromatic heterocycles. The number of aromatic nitrogens is 2. The van der Waals surface area contributed by atoms with Gasteiger partial charge in [0.25, 0.3) is 5.91 Å². The molecule has 0 spiro atoms. The maximum absolute atomic E-state index is 14.3. The zero-order chi connectivity index (χ0) is 24.5. The van der Waals surface area contributed by atoms with Crippen molar-refractivity contribution in [3.05, 3.63) is 81.5 Å². The van der Waals surface area contributed by atoms with Crippen molar-refractivity contribution in [1.82, 2.24) is 9.78 Å². The lowest BCUT2D eigenvalue weighted by atomic mass is 10.1. The molecule has 0 aliphatic carbocycles. The van der Waals surface area contributed by atoms with Crippen LogP contribution in [0, 0.1) is 12.7 Å². The third-order valence-corrected chi connectivity index (χ3v) is 5.33. The van der Waals surface area contributed by atoms with Gasteiger partial charge in [-0.2, -0.15) is 18.3 Å². The number of halogens is 4. The fourth-order valence-electron chi connectivity index (χ4n) is 3.65. The number of alkyl halides is 3. The lowest BCUT2D eigenvalue weighted by Gasteiger charge is -2.31. The van der Waals surface area contributed by atoms with Crippen LogP contribution in [0.4, 0.5) is 28.9 Å². The van der Waals surface area contributed by atoms with Crippen LogP contribution in [0.1, 0.15) is 21.7 Å². The van der Waals surface area contributed by atoms with Crippen molar-refractivity contribution < 1.29 is 27.1 Å². The molecule has 3 aromatic rings. The fourth-order valence-corrected chi connectivity index (χ4v) is 3.65. The van der Waals surface area contributed by atoms with Gasteiger partial charge in [-0.3, -0.25) is 9.59 Å². The molecule has 1 N–H and O–H groups in total. The normalized spacial score (nSPS) is 14.2. The molecule has 0 bridgehead atoms. The molecule has 178 valence electrons. The topological polar surface area (TPSA) is 76.5 Å². The van der Waals surface area contributed by atoms with Crippen molar-refractivity contribution in [2.75, 3.05) is 36.5 Å². The van der Waals surface area contributed by atoms with Gasteiger partial charge in [0.2, 0.25) is 5.43 Å². The van der Waals surface area contributed by atoms with Crippen LogP contribution in [0.25, 0.3) is 5.69 Å². The molecule has 7 nitrogen and oxygen atoms in total. The summed E-state index contributed by atoms with van der Waals surface area (Å²) < 4.78 is 60.7. The summed E-state index contributed by atoms with van der Waals surface area (Å²) in [5.74, 6) is -1.63. The van der Waals surface area contributed by atoms with Crippen molar-refractivity contribution in [1.29, 1.82) is 0 Å². The molecule has 4 rings (SSSR count). The van der Waals surface area contributed by atoms with Gasteiger partial charge in [0.1, 0.15) is 11.5 Å². The smallest absolute Gasteiger partial charge is 0.378 e. The monoisotopic (exact) mass is 476 g/mol. The van der Waals surface area contributed by atoms with Gasteiger partial charge >= 0.3 is 6.18 Å². The van der Waals surface area contributed by atoms with E-state index in [1.165, 1.54) is 31.2 Å². The number of nitrogens with one attached hydrogen (secondary N) is 1. The SMILES string of the molecule is Cc1cc(=O)c(C(=O)Nc2cc(C(F)(F)F)ccc2N2CCOCC2)nn1-c1ccccc1F. The molecule has 34 heavy (non-hydrogen) atoms. The van der Waals surface area contributed by atoms with E-state index in [1.807, 2.05) is 0 Å². The van der Waals surface area contributed by atoms with Crippen molar-refractivity contribution in [2.24, 2.45) is 0 Å². The third-order valence-electron chi connectivity index (χ3n) is 5.33. The summed E-state index contributed by atoms with van der Waals surface area (Å²) in [6, 6.07) is 9.78. The second-order valence-electron chi connectivity index (χ2n) is 7.65. The van der Waals surface area contributed by atoms with Crippen LogP contribution in [0.3, 0.4) is 0 Å². The van der Waals surface area contributed by atoms with Gasteiger partial charge < -0.3 is 15.0 Å². The highest BCUT2D eigenvalue weighted by Gasteiger charge is 2.32. The molecule has 1 saturated heterocycles. The van der Waals surface area contributed by atoms with Crippen LogP contribution in [0.2, 0.25) is 0 Å². The predicted molar refractivity (Wildman–Crippen MR) is 117 cm³/mol. The van der Waals surface area contributed by atoms with E-state index in [4.69, 9.17) is 4.74 Å². The standard InChI is InChI=1S/C23H20F4N4O3/c1-14-12-20(32)21(29-31(14)18-5-3-2-4-16(18)24)22(33)28-17-13-15(23(25,26)27)6-7-19(17)30-8-10-34-11-9-30/h2-7,12-13H,8-11H2,1H3,(H,28,33). The highest BCUT2D eigenvalue weighted by Crippen LogP contribution is 2.36. The average molecular weight is 476 g/mol. The lowest BCUT2D eigenvalue weighted by molar-refractivity contribution is -0.137. The largest absolute Gasteiger partial charge is 0.416 e. The molecule has 0 atom stereocenters. The van der Waals surface area contributed by atoms with Gasteiger partial charge in [0, 0.05) is 24.8 Å². The number of ether oxygens (including phenoxy) is 1. The van der Waals surface area contributed by atoms with Gasteiger partial charge in [-0.25, -0.2) is 9.07 Å². The van der Waals surface area contributed by atoms with Crippen molar-refractivity contribution in [3.63, 3.8) is 0 Å². The molecule has 1 aliphatic rings. The maximum Gasteiger partial charge on any atom is 0.416 e. The maximum atomic E-state index is 14.3. The number of hydrogen-bond acceptors (Lipinski definition) is 5. The van der Waals surface area contributed by atoms with E-state index in [0.717, 1.165) is 22.9 Å². The van der Waals surface area contributed by atoms with Crippen LogP contribution < -0.4 is 15.6 Å². The number of nitrogens with zero attached hydrogens (tertiary/aromatic N) is 3. The first-order valence-corrected chi connectivity index (χ1v) is 10.4. The molecule has 1 aliphatic heterocycles. The Morgan fingerprint density at radius 1 is 1.06 bits per heavy atom. The minimum absolute atomic E-state index is 0.0159. The summed E-state index contributed by atoms with van der Waals surface area (Å²) in [5.41, 5.74) is -1.77. The van der Waals surface area contributed by atoms with Crippen molar-refractivity contribution >= 4 is 17.3 Å². The summed E-state index contributed by atoms with van der Waals surface area (Å²) in [7, 11) is 0. The van der Waals surface area contributed by atoms with Crippen LogP contribution in [-0.2, 0) is 10.9 Å². The van der Waals surface area contributed by atoms with Crippen molar-refractivity contribution in [3.8, 4) is 5.69 Å². The quantitative estimate of drug-likeness (QED) is 0.580. The Morgan fingerprint density at radius 3 is 2.44 bits per heavy atom. The van der Waals surface area contributed by atoms with E-state index >= 15 is 0 Å². The number of carbonyl (C=O) groups excluding carboxylic acids is 1. The molecular weight excluding hydrogens is 456 g/mol. The Balaban J connectivity index is 1.74.